The highest BCUT2D eigenvalue weighted by Gasteiger charge is 2.17. The van der Waals surface area contributed by atoms with Crippen molar-refractivity contribution in [3.05, 3.63) is 58.6 Å². The van der Waals surface area contributed by atoms with Gasteiger partial charge in [-0.2, -0.15) is 8.42 Å². The van der Waals surface area contributed by atoms with Crippen LogP contribution in [0.3, 0.4) is 0 Å². The lowest BCUT2D eigenvalue weighted by molar-refractivity contribution is 0.596. The predicted molar refractivity (Wildman–Crippen MR) is 116 cm³/mol. The van der Waals surface area contributed by atoms with Gasteiger partial charge in [-0.3, -0.25) is 0 Å². The standard InChI is InChI=1S/C9H10ClNO2S3.C6H6ClNO2S/c1-14-9(15-2)11-16(12,13)8-6-4-3-5-7(8)10;7-5-3-1-2-4-6(5)11(8,9)10/h3-6H,1-2H3;1-4H,(H2,8,9,10). The summed E-state index contributed by atoms with van der Waals surface area (Å²) in [4.78, 5) is -0.000988. The molecule has 0 amide bonds. The van der Waals surface area contributed by atoms with Crippen molar-refractivity contribution in [3.8, 4) is 0 Å². The van der Waals surface area contributed by atoms with Gasteiger partial charge in [-0.05, 0) is 36.8 Å². The quantitative estimate of drug-likeness (QED) is 0.516. The van der Waals surface area contributed by atoms with Crippen LogP contribution in [0.5, 0.6) is 0 Å². The van der Waals surface area contributed by atoms with Crippen LogP contribution in [0, 0.1) is 0 Å². The van der Waals surface area contributed by atoms with E-state index in [2.05, 4.69) is 4.40 Å². The number of hydrogen-bond donors (Lipinski definition) is 1. The lowest BCUT2D eigenvalue weighted by atomic mass is 10.4. The summed E-state index contributed by atoms with van der Waals surface area (Å²) in [5, 5.41) is 5.18. The fourth-order valence-corrected chi connectivity index (χ4v) is 5.84. The second kappa shape index (κ2) is 10.7. The van der Waals surface area contributed by atoms with Gasteiger partial charge in [-0.1, -0.05) is 47.5 Å². The molecule has 0 spiro atoms. The number of rotatable bonds is 3. The highest BCUT2D eigenvalue weighted by Crippen LogP contribution is 2.24. The van der Waals surface area contributed by atoms with Gasteiger partial charge < -0.3 is 0 Å². The Hall–Kier alpha value is -0.750. The molecule has 0 heterocycles. The van der Waals surface area contributed by atoms with Crippen molar-refractivity contribution in [2.45, 2.75) is 9.79 Å². The van der Waals surface area contributed by atoms with Crippen molar-refractivity contribution in [1.82, 2.24) is 0 Å². The van der Waals surface area contributed by atoms with E-state index in [1.54, 1.807) is 36.8 Å². The first-order valence-electron chi connectivity index (χ1n) is 6.97. The number of nitrogens with zero attached hydrogens (tertiary/aromatic N) is 1. The van der Waals surface area contributed by atoms with Gasteiger partial charge in [0.15, 0.2) is 0 Å². The smallest absolute Gasteiger partial charge is 0.225 e. The van der Waals surface area contributed by atoms with Crippen LogP contribution in [0.25, 0.3) is 0 Å². The molecule has 2 aromatic carbocycles. The van der Waals surface area contributed by atoms with Gasteiger partial charge in [0.25, 0.3) is 10.0 Å². The number of hydrogen-bond acceptors (Lipinski definition) is 6. The molecule has 148 valence electrons. The van der Waals surface area contributed by atoms with E-state index < -0.39 is 20.0 Å². The number of benzene rings is 2. The zero-order valence-corrected chi connectivity index (χ0v) is 18.9. The van der Waals surface area contributed by atoms with Gasteiger partial charge in [-0.25, -0.2) is 13.6 Å². The molecule has 0 aliphatic heterocycles. The van der Waals surface area contributed by atoms with E-state index in [4.69, 9.17) is 28.3 Å². The molecule has 6 nitrogen and oxygen atoms in total. The zero-order valence-electron chi connectivity index (χ0n) is 14.2. The Morgan fingerprint density at radius 3 is 1.59 bits per heavy atom. The molecule has 0 unspecified atom stereocenters. The van der Waals surface area contributed by atoms with Gasteiger partial charge in [0.2, 0.25) is 10.0 Å². The van der Waals surface area contributed by atoms with E-state index in [1.165, 1.54) is 47.8 Å². The largest absolute Gasteiger partial charge is 0.285 e. The Labute approximate surface area is 177 Å². The summed E-state index contributed by atoms with van der Waals surface area (Å²) in [5.41, 5.74) is 0. The average Bonchev–Trinajstić information content (AvgIpc) is 2.60. The number of halogens is 2. The van der Waals surface area contributed by atoms with Crippen LogP contribution in [0.15, 0.2) is 62.7 Å². The topological polar surface area (TPSA) is 107 Å². The molecule has 0 bridgehead atoms. The summed E-state index contributed by atoms with van der Waals surface area (Å²) in [7, 11) is -7.37. The average molecular weight is 487 g/mol. The van der Waals surface area contributed by atoms with E-state index in [0.29, 0.717) is 4.38 Å². The fraction of sp³-hybridized carbons (Fsp3) is 0.133. The lowest BCUT2D eigenvalue weighted by Gasteiger charge is -2.02. The molecule has 0 aliphatic rings. The number of nitrogens with two attached hydrogens (primary N) is 1. The van der Waals surface area contributed by atoms with Crippen molar-refractivity contribution >= 4 is 71.1 Å². The zero-order chi connectivity index (χ0) is 20.7. The van der Waals surface area contributed by atoms with E-state index >= 15 is 0 Å². The van der Waals surface area contributed by atoms with E-state index in [-0.39, 0.29) is 19.8 Å². The Bertz CT molecular complexity index is 1020. The molecule has 0 aromatic heterocycles. The molecular weight excluding hydrogens is 471 g/mol. The van der Waals surface area contributed by atoms with Gasteiger partial charge in [0, 0.05) is 0 Å². The predicted octanol–water partition coefficient (Wildman–Crippen LogP) is 4.10. The van der Waals surface area contributed by atoms with E-state index in [1.807, 2.05) is 0 Å². The summed E-state index contributed by atoms with van der Waals surface area (Å²) in [5.74, 6) is 0. The van der Waals surface area contributed by atoms with Gasteiger partial charge in [0.1, 0.15) is 14.2 Å². The molecule has 12 heteroatoms. The van der Waals surface area contributed by atoms with E-state index in [0.717, 1.165) is 0 Å². The second-order valence-electron chi connectivity index (χ2n) is 4.65. The summed E-state index contributed by atoms with van der Waals surface area (Å²) in [6.07, 6.45) is 3.55. The lowest BCUT2D eigenvalue weighted by Crippen LogP contribution is -2.12. The second-order valence-corrected chi connectivity index (χ2v) is 10.4. The molecule has 2 rings (SSSR count). The van der Waals surface area contributed by atoms with Gasteiger partial charge >= 0.3 is 0 Å². The molecule has 27 heavy (non-hydrogen) atoms. The van der Waals surface area contributed by atoms with Crippen LogP contribution in [0.4, 0.5) is 0 Å². The minimum atomic E-state index is -3.70. The minimum absolute atomic E-state index is 0.0391. The number of primary sulfonamides is 1. The van der Waals surface area contributed by atoms with Crippen LogP contribution in [0.2, 0.25) is 10.0 Å². The van der Waals surface area contributed by atoms with Crippen LogP contribution in [-0.4, -0.2) is 33.7 Å². The van der Waals surface area contributed by atoms with Crippen molar-refractivity contribution in [3.63, 3.8) is 0 Å². The van der Waals surface area contributed by atoms with Crippen molar-refractivity contribution < 1.29 is 16.8 Å². The number of thioether (sulfide) groups is 2. The van der Waals surface area contributed by atoms with Crippen molar-refractivity contribution in [1.29, 1.82) is 0 Å². The molecule has 0 aliphatic carbocycles. The van der Waals surface area contributed by atoms with Crippen LogP contribution >= 0.6 is 46.7 Å². The Morgan fingerprint density at radius 2 is 1.26 bits per heavy atom. The first-order valence-corrected chi connectivity index (χ1v) is 13.2. The SMILES string of the molecule is CSC(=NS(=O)(=O)c1ccccc1Cl)SC.NS(=O)(=O)c1ccccc1Cl. The first-order chi connectivity index (χ1) is 12.5. The molecule has 2 aromatic rings. The molecule has 0 fully saturated rings. The number of sulfonamides is 2. The third-order valence-corrected chi connectivity index (χ3v) is 8.10. The fourth-order valence-electron chi connectivity index (χ4n) is 1.63. The normalized spacial score (nSPS) is 11.3. The third kappa shape index (κ3) is 7.65. The van der Waals surface area contributed by atoms with Gasteiger partial charge in [0.05, 0.1) is 10.0 Å². The molecule has 0 radical (unpaired) electrons. The van der Waals surface area contributed by atoms with Crippen LogP contribution in [-0.2, 0) is 20.0 Å². The first kappa shape index (κ1) is 24.3. The highest BCUT2D eigenvalue weighted by molar-refractivity contribution is 8.38. The maximum Gasteiger partial charge on any atom is 0.285 e. The summed E-state index contributed by atoms with van der Waals surface area (Å²) in [6, 6.07) is 12.3. The molecule has 0 saturated heterocycles. The Balaban J connectivity index is 0.000000289. The van der Waals surface area contributed by atoms with Gasteiger partial charge in [-0.15, -0.1) is 27.9 Å². The monoisotopic (exact) mass is 486 g/mol. The summed E-state index contributed by atoms with van der Waals surface area (Å²) >= 11 is 13.9. The summed E-state index contributed by atoms with van der Waals surface area (Å²) < 4.78 is 49.5. The Morgan fingerprint density at radius 1 is 0.852 bits per heavy atom. The third-order valence-electron chi connectivity index (χ3n) is 2.80. The Kier molecular flexibility index (Phi) is 9.63. The van der Waals surface area contributed by atoms with Crippen LogP contribution < -0.4 is 5.14 Å². The molecule has 0 atom stereocenters. The highest BCUT2D eigenvalue weighted by atomic mass is 35.5. The maximum atomic E-state index is 11.9. The van der Waals surface area contributed by atoms with Crippen molar-refractivity contribution in [2.75, 3.05) is 12.5 Å². The molecule has 2 N–H and O–H groups in total. The molecular formula is C15H16Cl2N2O4S4. The minimum Gasteiger partial charge on any atom is -0.225 e. The van der Waals surface area contributed by atoms with Crippen LogP contribution in [0.1, 0.15) is 0 Å². The van der Waals surface area contributed by atoms with Crippen molar-refractivity contribution in [2.24, 2.45) is 9.54 Å². The van der Waals surface area contributed by atoms with E-state index in [9.17, 15) is 16.8 Å². The summed E-state index contributed by atoms with van der Waals surface area (Å²) in [6.45, 7) is 0. The maximum absolute atomic E-state index is 11.9. The molecule has 0 saturated carbocycles.